The van der Waals surface area contributed by atoms with Crippen LogP contribution in [0.1, 0.15) is 18.7 Å². The molecule has 0 aliphatic heterocycles. The van der Waals surface area contributed by atoms with Crippen molar-refractivity contribution < 1.29 is 8.42 Å². The van der Waals surface area contributed by atoms with Gasteiger partial charge in [-0.25, -0.2) is 13.1 Å². The van der Waals surface area contributed by atoms with Crippen molar-refractivity contribution in [2.45, 2.75) is 24.2 Å². The second-order valence-corrected chi connectivity index (χ2v) is 9.24. The zero-order valence-electron chi connectivity index (χ0n) is 11.6. The summed E-state index contributed by atoms with van der Waals surface area (Å²) >= 11 is 10.7. The van der Waals surface area contributed by atoms with Gasteiger partial charge in [-0.3, -0.25) is 0 Å². The Bertz CT molecular complexity index is 727. The number of benzene rings is 1. The first-order valence-electron chi connectivity index (χ1n) is 6.21. The van der Waals surface area contributed by atoms with Gasteiger partial charge in [0.05, 0.1) is 9.92 Å². The highest BCUT2D eigenvalue weighted by molar-refractivity contribution is 9.10. The second-order valence-electron chi connectivity index (χ2n) is 5.26. The van der Waals surface area contributed by atoms with E-state index < -0.39 is 10.0 Å². The Labute approximate surface area is 142 Å². The Morgan fingerprint density at radius 2 is 2.05 bits per heavy atom. The fourth-order valence-electron chi connectivity index (χ4n) is 1.75. The molecule has 0 fully saturated rings. The lowest BCUT2D eigenvalue weighted by Gasteiger charge is -2.23. The average Bonchev–Trinajstić information content (AvgIpc) is 2.94. The lowest BCUT2D eigenvalue weighted by atomic mass is 9.92. The predicted molar refractivity (Wildman–Crippen MR) is 91.7 cm³/mol. The molecule has 0 aliphatic rings. The molecule has 7 heteroatoms. The maximum absolute atomic E-state index is 12.3. The Balaban J connectivity index is 2.16. The standard InChI is InChI=1S/C14H15BrClNO2S2/c1-14(2,13-4-3-7-20-13)9-17-21(18,19)10-5-6-12(16)11(15)8-10/h3-8,17H,9H2,1-2H3. The van der Waals surface area contributed by atoms with Crippen molar-refractivity contribution in [3.05, 3.63) is 50.1 Å². The Kier molecular flexibility index (Phi) is 5.15. The molecule has 21 heavy (non-hydrogen) atoms. The maximum Gasteiger partial charge on any atom is 0.240 e. The molecular formula is C14H15BrClNO2S2. The summed E-state index contributed by atoms with van der Waals surface area (Å²) in [6, 6.07) is 8.53. The maximum atomic E-state index is 12.3. The van der Waals surface area contributed by atoms with Gasteiger partial charge < -0.3 is 0 Å². The summed E-state index contributed by atoms with van der Waals surface area (Å²) in [7, 11) is -3.56. The van der Waals surface area contributed by atoms with Crippen molar-refractivity contribution in [2.24, 2.45) is 0 Å². The molecule has 0 amide bonds. The highest BCUT2D eigenvalue weighted by Gasteiger charge is 2.25. The van der Waals surface area contributed by atoms with Gasteiger partial charge in [0.1, 0.15) is 0 Å². The van der Waals surface area contributed by atoms with E-state index in [0.717, 1.165) is 4.88 Å². The number of hydrogen-bond donors (Lipinski definition) is 1. The Morgan fingerprint density at radius 3 is 2.62 bits per heavy atom. The van der Waals surface area contributed by atoms with Crippen LogP contribution >= 0.6 is 38.9 Å². The number of sulfonamides is 1. The molecule has 0 saturated carbocycles. The molecule has 0 radical (unpaired) electrons. The highest BCUT2D eigenvalue weighted by atomic mass is 79.9. The molecule has 1 N–H and O–H groups in total. The molecule has 0 aliphatic carbocycles. The Morgan fingerprint density at radius 1 is 1.33 bits per heavy atom. The van der Waals surface area contributed by atoms with Crippen LogP contribution in [0.15, 0.2) is 45.1 Å². The molecule has 0 atom stereocenters. The van der Waals surface area contributed by atoms with Crippen LogP contribution in [0, 0.1) is 0 Å². The summed E-state index contributed by atoms with van der Waals surface area (Å²) in [6.45, 7) is 4.36. The third kappa shape index (κ3) is 4.07. The van der Waals surface area contributed by atoms with Gasteiger partial charge in [-0.1, -0.05) is 31.5 Å². The van der Waals surface area contributed by atoms with Crippen LogP contribution in [0.4, 0.5) is 0 Å². The molecule has 1 aromatic carbocycles. The van der Waals surface area contributed by atoms with Gasteiger partial charge in [0.25, 0.3) is 0 Å². The molecule has 2 aromatic rings. The van der Waals surface area contributed by atoms with Crippen molar-refractivity contribution in [1.29, 1.82) is 0 Å². The average molecular weight is 409 g/mol. The van der Waals surface area contributed by atoms with Crippen LogP contribution < -0.4 is 4.72 Å². The Hall–Kier alpha value is -0.400. The molecule has 2 rings (SSSR count). The minimum Gasteiger partial charge on any atom is -0.210 e. The van der Waals surface area contributed by atoms with Gasteiger partial charge in [0.15, 0.2) is 0 Å². The third-order valence-electron chi connectivity index (χ3n) is 3.09. The molecule has 1 heterocycles. The minimum atomic E-state index is -3.56. The van der Waals surface area contributed by atoms with Crippen molar-refractivity contribution >= 4 is 48.9 Å². The summed E-state index contributed by atoms with van der Waals surface area (Å²) in [5.74, 6) is 0. The van der Waals surface area contributed by atoms with E-state index in [1.807, 2.05) is 31.4 Å². The number of rotatable bonds is 5. The van der Waals surface area contributed by atoms with Gasteiger partial charge in [-0.2, -0.15) is 0 Å². The highest BCUT2D eigenvalue weighted by Crippen LogP contribution is 2.28. The first kappa shape index (κ1) is 17.0. The molecule has 1 aromatic heterocycles. The topological polar surface area (TPSA) is 46.2 Å². The first-order valence-corrected chi connectivity index (χ1v) is 9.74. The predicted octanol–water partition coefficient (Wildman–Crippen LogP) is 4.42. The zero-order chi connectivity index (χ0) is 15.7. The van der Waals surface area contributed by atoms with Gasteiger partial charge in [-0.15, -0.1) is 11.3 Å². The molecule has 0 unspecified atom stereocenters. The number of thiophene rings is 1. The SMILES string of the molecule is CC(C)(CNS(=O)(=O)c1ccc(Cl)c(Br)c1)c1cccs1. The van der Waals surface area contributed by atoms with Crippen LogP contribution in [0.25, 0.3) is 0 Å². The van der Waals surface area contributed by atoms with Gasteiger partial charge >= 0.3 is 0 Å². The fraction of sp³-hybridized carbons (Fsp3) is 0.286. The summed E-state index contributed by atoms with van der Waals surface area (Å²) < 4.78 is 27.9. The van der Waals surface area contributed by atoms with Crippen molar-refractivity contribution in [3.8, 4) is 0 Å². The molecular weight excluding hydrogens is 394 g/mol. The van der Waals surface area contributed by atoms with Crippen molar-refractivity contribution in [1.82, 2.24) is 4.72 Å². The van der Waals surface area contributed by atoms with E-state index in [9.17, 15) is 8.42 Å². The summed E-state index contributed by atoms with van der Waals surface area (Å²) in [6.07, 6.45) is 0. The summed E-state index contributed by atoms with van der Waals surface area (Å²) in [5, 5.41) is 2.47. The zero-order valence-corrected chi connectivity index (χ0v) is 15.5. The van der Waals surface area contributed by atoms with Crippen molar-refractivity contribution in [2.75, 3.05) is 6.54 Å². The van der Waals surface area contributed by atoms with E-state index >= 15 is 0 Å². The lowest BCUT2D eigenvalue weighted by Crippen LogP contribution is -2.36. The molecule has 0 saturated heterocycles. The van der Waals surface area contributed by atoms with Gasteiger partial charge in [-0.05, 0) is 45.6 Å². The lowest BCUT2D eigenvalue weighted by molar-refractivity contribution is 0.509. The number of halogens is 2. The van der Waals surface area contributed by atoms with Gasteiger partial charge in [0.2, 0.25) is 10.0 Å². The number of hydrogen-bond acceptors (Lipinski definition) is 3. The quantitative estimate of drug-likeness (QED) is 0.796. The number of nitrogens with one attached hydrogen (secondary N) is 1. The molecule has 0 spiro atoms. The fourth-order valence-corrected chi connectivity index (χ4v) is 4.49. The summed E-state index contributed by atoms with van der Waals surface area (Å²) in [4.78, 5) is 1.34. The van der Waals surface area contributed by atoms with Crippen LogP contribution in [0.5, 0.6) is 0 Å². The van der Waals surface area contributed by atoms with Crippen LogP contribution in [0.3, 0.4) is 0 Å². The smallest absolute Gasteiger partial charge is 0.210 e. The van der Waals surface area contributed by atoms with Crippen LogP contribution in [-0.4, -0.2) is 15.0 Å². The van der Waals surface area contributed by atoms with Gasteiger partial charge in [0, 0.05) is 21.3 Å². The largest absolute Gasteiger partial charge is 0.240 e. The monoisotopic (exact) mass is 407 g/mol. The normalized spacial score (nSPS) is 12.6. The van der Waals surface area contributed by atoms with Crippen LogP contribution in [0.2, 0.25) is 5.02 Å². The first-order chi connectivity index (χ1) is 9.72. The molecule has 3 nitrogen and oxygen atoms in total. The molecule has 0 bridgehead atoms. The van der Waals surface area contributed by atoms with E-state index in [0.29, 0.717) is 16.0 Å². The van der Waals surface area contributed by atoms with E-state index in [1.165, 1.54) is 12.1 Å². The molecule has 114 valence electrons. The van der Waals surface area contributed by atoms with E-state index in [4.69, 9.17) is 11.6 Å². The van der Waals surface area contributed by atoms with E-state index in [2.05, 4.69) is 20.7 Å². The van der Waals surface area contributed by atoms with E-state index in [1.54, 1.807) is 17.4 Å². The third-order valence-corrected chi connectivity index (χ3v) is 6.94. The minimum absolute atomic E-state index is 0.195. The summed E-state index contributed by atoms with van der Waals surface area (Å²) in [5.41, 5.74) is -0.259. The van der Waals surface area contributed by atoms with Crippen LogP contribution in [-0.2, 0) is 15.4 Å². The van der Waals surface area contributed by atoms with E-state index in [-0.39, 0.29) is 10.3 Å². The second kappa shape index (κ2) is 6.38. The van der Waals surface area contributed by atoms with Crippen molar-refractivity contribution in [3.63, 3.8) is 0 Å².